The van der Waals surface area contributed by atoms with E-state index in [4.69, 9.17) is 37.4 Å². The molecular formula is C35H41Cl2N3O7S. The van der Waals surface area contributed by atoms with E-state index < -0.39 is 5.97 Å². The van der Waals surface area contributed by atoms with Gasteiger partial charge in [-0.2, -0.15) is 0 Å². The summed E-state index contributed by atoms with van der Waals surface area (Å²) in [5, 5.41) is 15.6. The van der Waals surface area contributed by atoms with Gasteiger partial charge in [0.05, 0.1) is 59.6 Å². The summed E-state index contributed by atoms with van der Waals surface area (Å²) < 4.78 is 18.7. The Hall–Kier alpha value is -2.77. The number of anilines is 1. The van der Waals surface area contributed by atoms with E-state index in [2.05, 4.69) is 10.2 Å². The smallest absolute Gasteiger partial charge is 0.306 e. The number of benzene rings is 2. The van der Waals surface area contributed by atoms with Gasteiger partial charge >= 0.3 is 5.97 Å². The molecule has 1 aromatic heterocycles. The number of likely N-dealkylation sites (tertiary alicyclic amines) is 2. The molecule has 2 aliphatic heterocycles. The van der Waals surface area contributed by atoms with Crippen LogP contribution >= 0.6 is 34.5 Å². The fourth-order valence-electron chi connectivity index (χ4n) is 7.29. The number of hydrogen-bond donors (Lipinski definition) is 2. The molecule has 6 rings (SSSR count). The molecule has 2 amide bonds. The van der Waals surface area contributed by atoms with Gasteiger partial charge in [-0.15, -0.1) is 11.3 Å². The number of aliphatic carboxylic acids is 1. The van der Waals surface area contributed by atoms with Crippen LogP contribution in [-0.4, -0.2) is 104 Å². The third kappa shape index (κ3) is 7.67. The largest absolute Gasteiger partial charge is 0.481 e. The number of carbonyl (C=O) groups excluding carboxylic acids is 2. The molecule has 0 unspecified atom stereocenters. The van der Waals surface area contributed by atoms with E-state index in [1.165, 1.54) is 11.3 Å². The van der Waals surface area contributed by atoms with E-state index in [1.54, 1.807) is 26.4 Å². The van der Waals surface area contributed by atoms with Crippen molar-refractivity contribution in [1.29, 1.82) is 0 Å². The number of carbonyl (C=O) groups is 3. The molecule has 3 fully saturated rings. The summed E-state index contributed by atoms with van der Waals surface area (Å²) in [5.41, 5.74) is 1.50. The van der Waals surface area contributed by atoms with Crippen molar-refractivity contribution in [3.8, 4) is 0 Å². The van der Waals surface area contributed by atoms with Crippen LogP contribution in [0.1, 0.15) is 48.0 Å². The maximum absolute atomic E-state index is 14.0. The van der Waals surface area contributed by atoms with E-state index in [1.807, 2.05) is 34.5 Å². The molecule has 2 aromatic carbocycles. The van der Waals surface area contributed by atoms with E-state index >= 15 is 0 Å². The van der Waals surface area contributed by atoms with Gasteiger partial charge < -0.3 is 29.5 Å². The number of halogens is 2. The van der Waals surface area contributed by atoms with Gasteiger partial charge in [-0.25, -0.2) is 0 Å². The zero-order chi connectivity index (χ0) is 33.9. The van der Waals surface area contributed by atoms with Crippen molar-refractivity contribution >= 4 is 68.1 Å². The Balaban J connectivity index is 1.14. The highest BCUT2D eigenvalue weighted by Gasteiger charge is 2.43. The molecule has 4 atom stereocenters. The Morgan fingerprint density at radius 2 is 1.69 bits per heavy atom. The lowest BCUT2D eigenvalue weighted by Crippen LogP contribution is -2.41. The first-order valence-corrected chi connectivity index (χ1v) is 18.0. The zero-order valence-electron chi connectivity index (χ0n) is 27.0. The van der Waals surface area contributed by atoms with Crippen LogP contribution in [0.5, 0.6) is 0 Å². The van der Waals surface area contributed by atoms with Gasteiger partial charge in [0.2, 0.25) is 5.91 Å². The third-order valence-corrected chi connectivity index (χ3v) is 11.7. The standard InChI is InChI=1S/C35H41Cl2N3O7S/c1-45-30-16-39(17-31(30)46-2)22-13-23(18-47-24-9-7-20(8-10-24)35(43)44)40(15-22)33(41)12-21-11-28(37)29(14-27(21)36)38-34(42)26-19-48-32-6-4-3-5-25(26)32/h3-6,11,14,19-20,22-24,30-31H,7-10,12-13,15-18H2,1-2H3,(H,38,42)(H,43,44)/t20?,22-,23-,24?,30-,31+/m0/s1. The molecule has 2 N–H and O–H groups in total. The number of rotatable bonds is 11. The van der Waals surface area contributed by atoms with Crippen molar-refractivity contribution < 1.29 is 33.7 Å². The minimum atomic E-state index is -0.747. The van der Waals surface area contributed by atoms with Crippen LogP contribution < -0.4 is 5.32 Å². The second-order valence-electron chi connectivity index (χ2n) is 12.9. The molecule has 3 aliphatic rings. The molecule has 0 radical (unpaired) electrons. The maximum atomic E-state index is 14.0. The number of ether oxygens (including phenoxy) is 3. The van der Waals surface area contributed by atoms with Gasteiger partial charge in [0, 0.05) is 60.4 Å². The first-order chi connectivity index (χ1) is 23.1. The van der Waals surface area contributed by atoms with Crippen LogP contribution in [0.4, 0.5) is 5.69 Å². The molecule has 10 nitrogen and oxygen atoms in total. The Morgan fingerprint density at radius 3 is 2.38 bits per heavy atom. The molecule has 3 heterocycles. The predicted octanol–water partition coefficient (Wildman–Crippen LogP) is 5.98. The molecule has 48 heavy (non-hydrogen) atoms. The lowest BCUT2D eigenvalue weighted by Gasteiger charge is -2.30. The normalized spacial score (nSPS) is 26.3. The maximum Gasteiger partial charge on any atom is 0.306 e. The SMILES string of the molecule is CO[C@H]1CN([C@H]2C[C@@H](COC3CCC(C(=O)O)CC3)N(C(=O)Cc3cc(Cl)c(NC(=O)c4csc5ccccc45)cc3Cl)C2)C[C@H]1OC. The van der Waals surface area contributed by atoms with Crippen LogP contribution in [0, 0.1) is 5.92 Å². The van der Waals surface area contributed by atoms with Crippen molar-refractivity contribution in [2.75, 3.05) is 45.8 Å². The number of carboxylic acid groups (broad SMARTS) is 1. The predicted molar refractivity (Wildman–Crippen MR) is 186 cm³/mol. The molecule has 2 saturated heterocycles. The van der Waals surface area contributed by atoms with E-state index in [0.29, 0.717) is 78.8 Å². The van der Waals surface area contributed by atoms with Gasteiger partial charge in [-0.05, 0) is 55.9 Å². The fraction of sp³-hybridized carbons (Fsp3) is 0.514. The summed E-state index contributed by atoms with van der Waals surface area (Å²) >= 11 is 14.8. The first-order valence-electron chi connectivity index (χ1n) is 16.3. The van der Waals surface area contributed by atoms with Gasteiger partial charge in [-0.3, -0.25) is 19.3 Å². The van der Waals surface area contributed by atoms with E-state index in [9.17, 15) is 19.5 Å². The quantitative estimate of drug-likeness (QED) is 0.249. The summed E-state index contributed by atoms with van der Waals surface area (Å²) in [6, 6.07) is 10.9. The molecule has 1 aliphatic carbocycles. The van der Waals surface area contributed by atoms with Crippen LogP contribution in [-0.2, 0) is 30.2 Å². The van der Waals surface area contributed by atoms with Gasteiger partial charge in [0.1, 0.15) is 0 Å². The topological polar surface area (TPSA) is 118 Å². The molecule has 3 aromatic rings. The Bertz CT molecular complexity index is 1630. The highest BCUT2D eigenvalue weighted by Crippen LogP contribution is 2.34. The Morgan fingerprint density at radius 1 is 0.979 bits per heavy atom. The van der Waals surface area contributed by atoms with Crippen molar-refractivity contribution in [3.63, 3.8) is 0 Å². The molecule has 0 bridgehead atoms. The second kappa shape index (κ2) is 15.4. The number of hydrogen-bond acceptors (Lipinski definition) is 8. The average molecular weight is 719 g/mol. The lowest BCUT2D eigenvalue weighted by molar-refractivity contribution is -0.144. The van der Waals surface area contributed by atoms with Crippen LogP contribution in [0.2, 0.25) is 10.0 Å². The minimum Gasteiger partial charge on any atom is -0.481 e. The minimum absolute atomic E-state index is 0.0257. The summed E-state index contributed by atoms with van der Waals surface area (Å²) in [5.74, 6) is -1.44. The first kappa shape index (κ1) is 35.1. The van der Waals surface area contributed by atoms with Gasteiger partial charge in [0.25, 0.3) is 5.91 Å². The molecule has 13 heteroatoms. The van der Waals surface area contributed by atoms with Crippen LogP contribution in [0.15, 0.2) is 41.8 Å². The zero-order valence-corrected chi connectivity index (χ0v) is 29.4. The summed E-state index contributed by atoms with van der Waals surface area (Å²) in [6.45, 7) is 2.32. The van der Waals surface area contributed by atoms with Crippen LogP contribution in [0.25, 0.3) is 10.1 Å². The summed E-state index contributed by atoms with van der Waals surface area (Å²) in [7, 11) is 3.38. The van der Waals surface area contributed by atoms with E-state index in [0.717, 1.165) is 16.5 Å². The molecule has 1 saturated carbocycles. The van der Waals surface area contributed by atoms with Crippen molar-refractivity contribution in [1.82, 2.24) is 9.80 Å². The van der Waals surface area contributed by atoms with Crippen molar-refractivity contribution in [2.24, 2.45) is 5.92 Å². The molecule has 0 spiro atoms. The number of thiophene rings is 1. The fourth-order valence-corrected chi connectivity index (χ4v) is 8.70. The van der Waals surface area contributed by atoms with Crippen molar-refractivity contribution in [2.45, 2.75) is 68.9 Å². The number of fused-ring (bicyclic) bond motifs is 1. The van der Waals surface area contributed by atoms with E-state index in [-0.39, 0.29) is 54.5 Å². The highest BCUT2D eigenvalue weighted by molar-refractivity contribution is 7.17. The Labute approximate surface area is 294 Å². The Kier molecular flexibility index (Phi) is 11.3. The van der Waals surface area contributed by atoms with Gasteiger partial charge in [0.15, 0.2) is 0 Å². The number of nitrogens with zero attached hydrogens (tertiary/aromatic N) is 2. The number of carboxylic acids is 1. The molecular weight excluding hydrogens is 677 g/mol. The van der Waals surface area contributed by atoms with Crippen molar-refractivity contribution in [3.05, 3.63) is 63.0 Å². The number of amides is 2. The third-order valence-electron chi connectivity index (χ3n) is 10.1. The van der Waals surface area contributed by atoms with Crippen LogP contribution in [0.3, 0.4) is 0 Å². The number of nitrogens with one attached hydrogen (secondary N) is 1. The lowest BCUT2D eigenvalue weighted by atomic mass is 9.87. The van der Waals surface area contributed by atoms with Gasteiger partial charge in [-0.1, -0.05) is 41.4 Å². The molecule has 258 valence electrons. The highest BCUT2D eigenvalue weighted by atomic mass is 35.5. The average Bonchev–Trinajstić information content (AvgIpc) is 3.83. The monoisotopic (exact) mass is 717 g/mol. The number of methoxy groups -OCH3 is 2. The second-order valence-corrected chi connectivity index (χ2v) is 14.7. The summed E-state index contributed by atoms with van der Waals surface area (Å²) in [4.78, 5) is 42.7. The summed E-state index contributed by atoms with van der Waals surface area (Å²) in [6.07, 6.45) is 3.24.